The first kappa shape index (κ1) is 11.4. The third kappa shape index (κ3) is 2.19. The predicted molar refractivity (Wildman–Crippen MR) is 81.4 cm³/mol. The Kier molecular flexibility index (Phi) is 3.78. The van der Waals surface area contributed by atoms with Crippen molar-refractivity contribution in [2.75, 3.05) is 4.93 Å². The first-order valence-corrected chi connectivity index (χ1v) is 7.34. The van der Waals surface area contributed by atoms with Gasteiger partial charge in [-0.1, -0.05) is 71.1 Å². The predicted octanol–water partition coefficient (Wildman–Crippen LogP) is 5.04. The second kappa shape index (κ2) is 5.30. The van der Waals surface area contributed by atoms with Crippen molar-refractivity contribution >= 4 is 44.1 Å². The second-order valence-electron chi connectivity index (χ2n) is 3.55. The summed E-state index contributed by atoms with van der Waals surface area (Å²) in [5, 5.41) is 5.25. The molecule has 16 heavy (non-hydrogen) atoms. The Bertz CT molecular complexity index is 494. The van der Waals surface area contributed by atoms with Gasteiger partial charge in [0, 0.05) is 0 Å². The maximum absolute atomic E-state index is 2.24. The molecule has 0 aliphatic rings. The third-order valence-electron chi connectivity index (χ3n) is 2.61. The highest BCUT2D eigenvalue weighted by molar-refractivity contribution is 14.1. The van der Waals surface area contributed by atoms with Gasteiger partial charge in [-0.15, -0.1) is 0 Å². The molecule has 0 nitrogen and oxygen atoms in total. The highest BCUT2D eigenvalue weighted by Crippen LogP contribution is 2.21. The highest BCUT2D eigenvalue weighted by Gasteiger charge is 1.95. The average molecular weight is 320 g/mol. The lowest BCUT2D eigenvalue weighted by Crippen LogP contribution is -1.74. The van der Waals surface area contributed by atoms with E-state index in [1.807, 2.05) is 4.93 Å². The van der Waals surface area contributed by atoms with Gasteiger partial charge in [0.1, 0.15) is 0 Å². The Balaban J connectivity index is 0.000000457. The van der Waals surface area contributed by atoms with Crippen molar-refractivity contribution in [2.24, 2.45) is 0 Å². The molecule has 0 atom stereocenters. The quantitative estimate of drug-likeness (QED) is 0.309. The molecule has 0 saturated heterocycles. The molecule has 3 rings (SSSR count). The smallest absolute Gasteiger partial charge is 0.0121 e. The molecule has 0 spiro atoms. The van der Waals surface area contributed by atoms with E-state index in [0.29, 0.717) is 0 Å². The molecule has 0 saturated carbocycles. The van der Waals surface area contributed by atoms with Crippen LogP contribution in [0.5, 0.6) is 0 Å². The summed E-state index contributed by atoms with van der Waals surface area (Å²) in [6, 6.07) is 21.4. The van der Waals surface area contributed by atoms with Crippen molar-refractivity contribution in [3.63, 3.8) is 0 Å². The average Bonchev–Trinajstić information content (AvgIpc) is 2.38. The number of hydrogen-bond acceptors (Lipinski definition) is 0. The molecule has 0 bridgehead atoms. The summed E-state index contributed by atoms with van der Waals surface area (Å²) in [6.07, 6.45) is 0. The van der Waals surface area contributed by atoms with Crippen LogP contribution in [0, 0.1) is 0 Å². The molecule has 0 aliphatic carbocycles. The minimum atomic E-state index is 1.31. The molecule has 0 unspecified atom stereocenters. The van der Waals surface area contributed by atoms with Gasteiger partial charge >= 0.3 is 0 Å². The minimum Gasteiger partial charge on any atom is -0.0901 e. The van der Waals surface area contributed by atoms with E-state index >= 15 is 0 Å². The van der Waals surface area contributed by atoms with Gasteiger partial charge in [0.2, 0.25) is 0 Å². The van der Waals surface area contributed by atoms with Gasteiger partial charge in [0.25, 0.3) is 0 Å². The van der Waals surface area contributed by atoms with Crippen LogP contribution in [0.15, 0.2) is 60.7 Å². The Hall–Kier alpha value is -1.09. The largest absolute Gasteiger partial charge is 0.0901 e. The van der Waals surface area contributed by atoms with E-state index in [2.05, 4.69) is 83.3 Å². The molecule has 0 radical (unpaired) electrons. The zero-order chi connectivity index (χ0) is 11.4. The first-order chi connectivity index (χ1) is 7.93. The van der Waals surface area contributed by atoms with Crippen LogP contribution >= 0.6 is 22.6 Å². The van der Waals surface area contributed by atoms with Crippen LogP contribution in [0.3, 0.4) is 0 Å². The van der Waals surface area contributed by atoms with Gasteiger partial charge in [-0.05, 0) is 38.6 Å². The van der Waals surface area contributed by atoms with Gasteiger partial charge in [-0.25, -0.2) is 0 Å². The van der Waals surface area contributed by atoms with E-state index in [0.717, 1.165) is 0 Å². The Morgan fingerprint density at radius 3 is 1.06 bits per heavy atom. The number of benzene rings is 3. The van der Waals surface area contributed by atoms with Gasteiger partial charge in [-0.2, -0.15) is 0 Å². The van der Waals surface area contributed by atoms with Crippen molar-refractivity contribution in [1.29, 1.82) is 0 Å². The maximum atomic E-state index is 2.24. The molecule has 0 amide bonds. The van der Waals surface area contributed by atoms with Gasteiger partial charge in [-0.3, -0.25) is 0 Å². The number of rotatable bonds is 0. The van der Waals surface area contributed by atoms with Crippen molar-refractivity contribution in [3.05, 3.63) is 60.7 Å². The number of alkyl halides is 1. The van der Waals surface area contributed by atoms with E-state index < -0.39 is 0 Å². The molecule has 0 heterocycles. The van der Waals surface area contributed by atoms with Gasteiger partial charge in [0.15, 0.2) is 0 Å². The normalized spacial score (nSPS) is 9.88. The first-order valence-electron chi connectivity index (χ1n) is 5.19. The van der Waals surface area contributed by atoms with Gasteiger partial charge < -0.3 is 0 Å². The molecular weight excluding hydrogens is 307 g/mol. The molecule has 0 N–H and O–H groups in total. The fraction of sp³-hybridized carbons (Fsp3) is 0.0667. The summed E-state index contributed by atoms with van der Waals surface area (Å²) in [4.78, 5) is 1.97. The lowest BCUT2D eigenvalue weighted by atomic mass is 10.0. The number of halogens is 1. The fourth-order valence-electron chi connectivity index (χ4n) is 1.88. The molecular formula is C15H13I. The van der Waals surface area contributed by atoms with Gasteiger partial charge in [0.05, 0.1) is 0 Å². The summed E-state index contributed by atoms with van der Waals surface area (Å²) < 4.78 is 0. The van der Waals surface area contributed by atoms with Crippen LogP contribution < -0.4 is 0 Å². The van der Waals surface area contributed by atoms with Crippen molar-refractivity contribution in [2.45, 2.75) is 0 Å². The highest BCUT2D eigenvalue weighted by atomic mass is 127. The van der Waals surface area contributed by atoms with E-state index in [4.69, 9.17) is 0 Å². The molecule has 0 aromatic heterocycles. The fourth-order valence-corrected chi connectivity index (χ4v) is 1.88. The summed E-state index contributed by atoms with van der Waals surface area (Å²) in [7, 11) is 0. The van der Waals surface area contributed by atoms with E-state index in [1.165, 1.54) is 21.5 Å². The van der Waals surface area contributed by atoms with Crippen molar-refractivity contribution in [3.8, 4) is 0 Å². The maximum Gasteiger partial charge on any atom is -0.0121 e. The molecule has 80 valence electrons. The van der Waals surface area contributed by atoms with Crippen molar-refractivity contribution < 1.29 is 0 Å². The van der Waals surface area contributed by atoms with Crippen LogP contribution in [-0.2, 0) is 0 Å². The monoisotopic (exact) mass is 320 g/mol. The van der Waals surface area contributed by atoms with E-state index in [9.17, 15) is 0 Å². The standard InChI is InChI=1S/C14H10.CH3I/c1-2-6-12-10-14-8-4-3-7-13(14)9-11(12)5-1;1-2/h1-10H;1H3. The minimum absolute atomic E-state index is 1.31. The summed E-state index contributed by atoms with van der Waals surface area (Å²) >= 11 is 2.15. The Morgan fingerprint density at radius 1 is 0.562 bits per heavy atom. The number of fused-ring (bicyclic) bond motifs is 2. The van der Waals surface area contributed by atoms with E-state index in [-0.39, 0.29) is 0 Å². The molecule has 0 fully saturated rings. The van der Waals surface area contributed by atoms with Crippen LogP contribution in [0.2, 0.25) is 0 Å². The molecule has 3 aromatic carbocycles. The summed E-state index contributed by atoms with van der Waals surface area (Å²) in [6.45, 7) is 0. The lowest BCUT2D eigenvalue weighted by molar-refractivity contribution is 1.76. The summed E-state index contributed by atoms with van der Waals surface area (Å²) in [5.41, 5.74) is 0. The Labute approximate surface area is 109 Å². The zero-order valence-electron chi connectivity index (χ0n) is 9.15. The molecule has 1 heteroatoms. The SMILES string of the molecule is CI.c1ccc2cc3ccccc3cc2c1. The van der Waals surface area contributed by atoms with Crippen LogP contribution in [0.1, 0.15) is 0 Å². The van der Waals surface area contributed by atoms with Crippen LogP contribution in [0.25, 0.3) is 21.5 Å². The lowest BCUT2D eigenvalue weighted by Gasteiger charge is -2.00. The van der Waals surface area contributed by atoms with Crippen molar-refractivity contribution in [1.82, 2.24) is 0 Å². The number of hydrogen-bond donors (Lipinski definition) is 0. The summed E-state index contributed by atoms with van der Waals surface area (Å²) in [5.74, 6) is 0. The Morgan fingerprint density at radius 2 is 0.812 bits per heavy atom. The second-order valence-corrected chi connectivity index (χ2v) is 3.55. The zero-order valence-corrected chi connectivity index (χ0v) is 11.3. The van der Waals surface area contributed by atoms with Crippen LogP contribution in [0.4, 0.5) is 0 Å². The van der Waals surface area contributed by atoms with Crippen LogP contribution in [-0.4, -0.2) is 4.93 Å². The third-order valence-corrected chi connectivity index (χ3v) is 2.61. The topological polar surface area (TPSA) is 0 Å². The molecule has 0 aliphatic heterocycles. The molecule has 3 aromatic rings. The van der Waals surface area contributed by atoms with E-state index in [1.54, 1.807) is 0 Å².